The quantitative estimate of drug-likeness (QED) is 0.237. The van der Waals surface area contributed by atoms with Crippen LogP contribution >= 0.6 is 43.4 Å². The number of benzene rings is 2. The summed E-state index contributed by atoms with van der Waals surface area (Å²) in [6, 6.07) is 14.2. The van der Waals surface area contributed by atoms with Gasteiger partial charge in [0.05, 0.1) is 33.6 Å². The molecule has 0 aliphatic rings. The van der Waals surface area contributed by atoms with E-state index in [2.05, 4.69) is 42.3 Å². The molecular weight excluding hydrogens is 510 g/mol. The molecule has 0 unspecified atom stereocenters. The highest BCUT2D eigenvalue weighted by Gasteiger charge is 2.12. The highest BCUT2D eigenvalue weighted by molar-refractivity contribution is 9.10. The molecule has 0 aliphatic carbocycles. The van der Waals surface area contributed by atoms with Crippen molar-refractivity contribution in [3.63, 3.8) is 0 Å². The number of rotatable bonds is 3. The second-order valence-corrected chi connectivity index (χ2v) is 8.18. The third kappa shape index (κ3) is 3.73. The first-order valence-corrected chi connectivity index (χ1v) is 10.4. The van der Waals surface area contributed by atoms with Crippen LogP contribution in [0.15, 0.2) is 77.8 Å². The minimum absolute atomic E-state index is 0.106. The number of phenols is 1. The smallest absolute Gasteiger partial charge is 0.345 e. The lowest BCUT2D eigenvalue weighted by molar-refractivity contribution is 0.474. The van der Waals surface area contributed by atoms with Crippen LogP contribution in [0.3, 0.4) is 0 Å². The van der Waals surface area contributed by atoms with Gasteiger partial charge in [-0.05, 0) is 30.3 Å². The third-order valence-electron chi connectivity index (χ3n) is 3.90. The molecule has 4 rings (SSSR count). The number of nitrogens with zero attached hydrogens (tertiary/aromatic N) is 3. The Kier molecular flexibility index (Phi) is 5.29. The summed E-state index contributed by atoms with van der Waals surface area (Å²) in [5.74, 6) is 0.106. The van der Waals surface area contributed by atoms with Crippen LogP contribution in [0.4, 0.5) is 0 Å². The molecule has 6 nitrogen and oxygen atoms in total. The number of aromatic hydroxyl groups is 1. The number of fused-ring (bicyclic) bond motifs is 1. The molecule has 9 heteroatoms. The molecule has 0 radical (unpaired) electrons. The SMILES string of the molecule is O=c1oc2ccccc2cc1-c1cs/c(=N/N=C/c2cc(Br)ccc2O)n1Br. The Bertz CT molecular complexity index is 1340. The van der Waals surface area contributed by atoms with Crippen LogP contribution in [0.5, 0.6) is 5.75 Å². The number of halogens is 2. The van der Waals surface area contributed by atoms with Gasteiger partial charge < -0.3 is 9.52 Å². The van der Waals surface area contributed by atoms with Crippen LogP contribution in [-0.4, -0.2) is 14.9 Å². The maximum absolute atomic E-state index is 12.4. The van der Waals surface area contributed by atoms with Gasteiger partial charge in [-0.15, -0.1) is 16.4 Å². The molecule has 0 bridgehead atoms. The molecule has 1 N–H and O–H groups in total. The Morgan fingerprint density at radius 2 is 2.00 bits per heavy atom. The lowest BCUT2D eigenvalue weighted by atomic mass is 10.1. The van der Waals surface area contributed by atoms with E-state index in [1.165, 1.54) is 17.6 Å². The fraction of sp³-hybridized carbons (Fsp3) is 0. The van der Waals surface area contributed by atoms with Crippen molar-refractivity contribution in [3.05, 3.63) is 79.2 Å². The second kappa shape index (κ2) is 7.86. The van der Waals surface area contributed by atoms with E-state index in [1.807, 2.05) is 18.2 Å². The zero-order valence-electron chi connectivity index (χ0n) is 14.0. The molecular formula is C19H11Br2N3O3S. The average Bonchev–Trinajstić information content (AvgIpc) is 3.04. The predicted octanol–water partition coefficient (Wildman–Crippen LogP) is 4.88. The normalized spacial score (nSPS) is 12.3. The van der Waals surface area contributed by atoms with Crippen molar-refractivity contribution in [1.29, 1.82) is 0 Å². The lowest BCUT2D eigenvalue weighted by Crippen LogP contribution is -2.09. The highest BCUT2D eigenvalue weighted by Crippen LogP contribution is 2.23. The van der Waals surface area contributed by atoms with Gasteiger partial charge in [-0.2, -0.15) is 5.10 Å². The highest BCUT2D eigenvalue weighted by atomic mass is 79.9. The molecule has 140 valence electrons. The first kappa shape index (κ1) is 18.9. The molecule has 0 amide bonds. The zero-order chi connectivity index (χ0) is 19.7. The maximum atomic E-state index is 12.4. The van der Waals surface area contributed by atoms with E-state index in [-0.39, 0.29) is 5.75 Å². The Balaban J connectivity index is 1.73. The maximum Gasteiger partial charge on any atom is 0.345 e. The van der Waals surface area contributed by atoms with Gasteiger partial charge in [-0.25, -0.2) is 8.39 Å². The predicted molar refractivity (Wildman–Crippen MR) is 117 cm³/mol. The van der Waals surface area contributed by atoms with E-state index in [0.29, 0.717) is 27.2 Å². The van der Waals surface area contributed by atoms with Crippen molar-refractivity contribution < 1.29 is 9.52 Å². The molecule has 0 fully saturated rings. The van der Waals surface area contributed by atoms with Crippen molar-refractivity contribution in [2.24, 2.45) is 10.2 Å². The summed E-state index contributed by atoms with van der Waals surface area (Å²) in [5.41, 5.74) is 1.67. The van der Waals surface area contributed by atoms with Gasteiger partial charge in [-0.3, -0.25) is 0 Å². The monoisotopic (exact) mass is 519 g/mol. The number of thiazole rings is 1. The van der Waals surface area contributed by atoms with Crippen LogP contribution in [-0.2, 0) is 0 Å². The average molecular weight is 521 g/mol. The van der Waals surface area contributed by atoms with Crippen LogP contribution in [0.25, 0.3) is 22.2 Å². The summed E-state index contributed by atoms with van der Waals surface area (Å²) < 4.78 is 7.81. The third-order valence-corrected chi connectivity index (χ3v) is 6.16. The van der Waals surface area contributed by atoms with Crippen molar-refractivity contribution in [1.82, 2.24) is 3.59 Å². The van der Waals surface area contributed by atoms with Gasteiger partial charge in [0.2, 0.25) is 4.80 Å². The van der Waals surface area contributed by atoms with Gasteiger partial charge >= 0.3 is 5.63 Å². The van der Waals surface area contributed by atoms with Crippen molar-refractivity contribution in [2.45, 2.75) is 0 Å². The zero-order valence-corrected chi connectivity index (χ0v) is 18.0. The summed E-state index contributed by atoms with van der Waals surface area (Å²) >= 11 is 8.08. The molecule has 2 aromatic carbocycles. The Labute approximate surface area is 179 Å². The largest absolute Gasteiger partial charge is 0.507 e. The van der Waals surface area contributed by atoms with Crippen LogP contribution in [0.1, 0.15) is 5.56 Å². The summed E-state index contributed by atoms with van der Waals surface area (Å²) in [6.07, 6.45) is 1.46. The molecule has 2 aromatic heterocycles. The van der Waals surface area contributed by atoms with Crippen molar-refractivity contribution in [3.8, 4) is 17.0 Å². The standard InChI is InChI=1S/C19H11Br2N3O3S/c20-13-5-6-16(25)12(7-13)9-22-23-19-24(21)15(10-28-19)14-8-11-3-1-2-4-17(11)27-18(14)26/h1-10,25H/b22-9+,23-19+. The minimum atomic E-state index is -0.432. The summed E-state index contributed by atoms with van der Waals surface area (Å²) in [4.78, 5) is 12.9. The van der Waals surface area contributed by atoms with Crippen LogP contribution < -0.4 is 10.4 Å². The molecule has 0 saturated heterocycles. The van der Waals surface area contributed by atoms with Gasteiger partial charge in [0.25, 0.3) is 0 Å². The Hall–Kier alpha value is -2.49. The van der Waals surface area contributed by atoms with Crippen molar-refractivity contribution in [2.75, 3.05) is 0 Å². The molecule has 2 heterocycles. The first-order valence-electron chi connectivity index (χ1n) is 7.98. The molecule has 0 atom stereocenters. The van der Waals surface area contributed by atoms with Crippen LogP contribution in [0, 0.1) is 0 Å². The first-order chi connectivity index (χ1) is 13.5. The Morgan fingerprint density at radius 1 is 1.18 bits per heavy atom. The fourth-order valence-electron chi connectivity index (χ4n) is 2.55. The molecule has 0 aliphatic heterocycles. The summed E-state index contributed by atoms with van der Waals surface area (Å²) in [7, 11) is 0. The summed E-state index contributed by atoms with van der Waals surface area (Å²) in [6.45, 7) is 0. The van der Waals surface area contributed by atoms with E-state index in [9.17, 15) is 9.90 Å². The second-order valence-electron chi connectivity index (χ2n) is 5.72. The Morgan fingerprint density at radius 3 is 2.86 bits per heavy atom. The van der Waals surface area contributed by atoms with Gasteiger partial charge in [0, 0.05) is 20.8 Å². The number of phenolic OH excluding ortho intramolecular Hbond substituents is 1. The van der Waals surface area contributed by atoms with Crippen molar-refractivity contribution >= 4 is 60.6 Å². The van der Waals surface area contributed by atoms with E-state index in [1.54, 1.807) is 39.3 Å². The van der Waals surface area contributed by atoms with Crippen LogP contribution in [0.2, 0.25) is 0 Å². The van der Waals surface area contributed by atoms with Gasteiger partial charge in [-0.1, -0.05) is 34.1 Å². The molecule has 28 heavy (non-hydrogen) atoms. The van der Waals surface area contributed by atoms with E-state index in [0.717, 1.165) is 9.86 Å². The number of hydrogen-bond acceptors (Lipinski definition) is 6. The lowest BCUT2D eigenvalue weighted by Gasteiger charge is -2.01. The van der Waals surface area contributed by atoms with Gasteiger partial charge in [0.1, 0.15) is 11.3 Å². The molecule has 0 saturated carbocycles. The van der Waals surface area contributed by atoms with E-state index in [4.69, 9.17) is 4.42 Å². The summed E-state index contributed by atoms with van der Waals surface area (Å²) in [5, 5.41) is 20.7. The van der Waals surface area contributed by atoms with Gasteiger partial charge in [0.15, 0.2) is 0 Å². The molecule has 0 spiro atoms. The van der Waals surface area contributed by atoms with E-state index >= 15 is 0 Å². The number of aromatic nitrogens is 1. The minimum Gasteiger partial charge on any atom is -0.507 e. The fourth-order valence-corrected chi connectivity index (χ4v) is 4.41. The molecule has 4 aromatic rings. The topological polar surface area (TPSA) is 80.1 Å². The number of hydrogen-bond donors (Lipinski definition) is 1. The number of para-hydroxylation sites is 1. The van der Waals surface area contributed by atoms with E-state index < -0.39 is 5.63 Å².